The van der Waals surface area contributed by atoms with Crippen LogP contribution in [0.1, 0.15) is 21.7 Å². The van der Waals surface area contributed by atoms with Gasteiger partial charge in [0.1, 0.15) is 17.3 Å². The van der Waals surface area contributed by atoms with Crippen LogP contribution in [-0.4, -0.2) is 30.1 Å². The molecule has 0 bridgehead atoms. The zero-order valence-electron chi connectivity index (χ0n) is 16.9. The van der Waals surface area contributed by atoms with E-state index in [1.165, 1.54) is 7.11 Å². The van der Waals surface area contributed by atoms with Crippen molar-refractivity contribution in [2.45, 2.75) is 12.8 Å². The van der Waals surface area contributed by atoms with E-state index in [2.05, 4.69) is 15.3 Å². The molecule has 0 fully saturated rings. The van der Waals surface area contributed by atoms with Crippen LogP contribution in [0.15, 0.2) is 66.7 Å². The predicted molar refractivity (Wildman–Crippen MR) is 117 cm³/mol. The van der Waals surface area contributed by atoms with Crippen molar-refractivity contribution in [1.29, 1.82) is 0 Å². The van der Waals surface area contributed by atoms with Gasteiger partial charge in [-0.05, 0) is 48.4 Å². The van der Waals surface area contributed by atoms with Gasteiger partial charge in [-0.1, -0.05) is 24.3 Å². The van der Waals surface area contributed by atoms with Gasteiger partial charge in [-0.2, -0.15) is 0 Å². The Hall–Kier alpha value is -3.80. The lowest BCUT2D eigenvalue weighted by molar-refractivity contribution is 0.102. The van der Waals surface area contributed by atoms with Crippen molar-refractivity contribution in [1.82, 2.24) is 9.97 Å². The quantitative estimate of drug-likeness (QED) is 0.474. The maximum Gasteiger partial charge on any atom is 0.259 e. The second kappa shape index (κ2) is 8.69. The number of hydrogen-bond donors (Lipinski definition) is 2. The standard InChI is InChI=1S/C24H23N3O3/c1-29-18-11-12-19(22(15-18)30-2)24(28)25-17-7-5-6-16(14-17)10-13-23-26-20-8-3-4-9-21(20)27-23/h3-9,11-12,14-15H,10,13H2,1-2H3,(H,25,28)(H,26,27). The minimum absolute atomic E-state index is 0.232. The van der Waals surface area contributed by atoms with Crippen LogP contribution in [0.2, 0.25) is 0 Å². The van der Waals surface area contributed by atoms with Gasteiger partial charge in [-0.15, -0.1) is 0 Å². The number of aryl methyl sites for hydroxylation is 2. The van der Waals surface area contributed by atoms with Crippen molar-refractivity contribution in [3.8, 4) is 11.5 Å². The number of carbonyl (C=O) groups excluding carboxylic acids is 1. The summed E-state index contributed by atoms with van der Waals surface area (Å²) < 4.78 is 10.5. The molecule has 6 nitrogen and oxygen atoms in total. The third kappa shape index (κ3) is 4.27. The SMILES string of the molecule is COc1ccc(C(=O)Nc2cccc(CCc3nc4ccccc4[nH]3)c2)c(OC)c1. The van der Waals surface area contributed by atoms with E-state index in [0.29, 0.717) is 17.1 Å². The normalized spacial score (nSPS) is 10.7. The molecule has 0 spiro atoms. The average Bonchev–Trinajstić information content (AvgIpc) is 3.20. The number of para-hydroxylation sites is 2. The fraction of sp³-hybridized carbons (Fsp3) is 0.167. The van der Waals surface area contributed by atoms with Gasteiger partial charge in [0.25, 0.3) is 5.91 Å². The van der Waals surface area contributed by atoms with E-state index in [-0.39, 0.29) is 5.91 Å². The zero-order valence-corrected chi connectivity index (χ0v) is 16.9. The molecule has 0 aliphatic carbocycles. The molecule has 0 aliphatic heterocycles. The summed E-state index contributed by atoms with van der Waals surface area (Å²) in [5.74, 6) is 1.82. The first-order valence-corrected chi connectivity index (χ1v) is 9.72. The molecule has 0 unspecified atom stereocenters. The monoisotopic (exact) mass is 401 g/mol. The lowest BCUT2D eigenvalue weighted by atomic mass is 10.1. The number of carbonyl (C=O) groups is 1. The summed E-state index contributed by atoms with van der Waals surface area (Å²) >= 11 is 0. The van der Waals surface area contributed by atoms with Crippen LogP contribution in [0.4, 0.5) is 5.69 Å². The van der Waals surface area contributed by atoms with E-state index in [9.17, 15) is 4.79 Å². The van der Waals surface area contributed by atoms with Gasteiger partial charge in [0.2, 0.25) is 0 Å². The lowest BCUT2D eigenvalue weighted by Crippen LogP contribution is -2.13. The molecular weight excluding hydrogens is 378 g/mol. The van der Waals surface area contributed by atoms with Gasteiger partial charge in [-0.3, -0.25) is 4.79 Å². The van der Waals surface area contributed by atoms with Gasteiger partial charge in [-0.25, -0.2) is 4.98 Å². The number of anilines is 1. The summed E-state index contributed by atoms with van der Waals surface area (Å²) in [5.41, 5.74) is 4.32. The number of nitrogens with one attached hydrogen (secondary N) is 2. The van der Waals surface area contributed by atoms with Gasteiger partial charge >= 0.3 is 0 Å². The summed E-state index contributed by atoms with van der Waals surface area (Å²) in [5, 5.41) is 2.95. The van der Waals surface area contributed by atoms with Crippen LogP contribution < -0.4 is 14.8 Å². The van der Waals surface area contributed by atoms with E-state index < -0.39 is 0 Å². The Kier molecular flexibility index (Phi) is 5.66. The topological polar surface area (TPSA) is 76.2 Å². The Labute approximate surface area is 174 Å². The first-order chi connectivity index (χ1) is 14.7. The Balaban J connectivity index is 1.44. The van der Waals surface area contributed by atoms with Crippen molar-refractivity contribution >= 4 is 22.6 Å². The Morgan fingerprint density at radius 3 is 2.63 bits per heavy atom. The third-order valence-corrected chi connectivity index (χ3v) is 4.93. The molecular formula is C24H23N3O3. The molecule has 1 amide bonds. The van der Waals surface area contributed by atoms with Crippen molar-refractivity contribution in [2.24, 2.45) is 0 Å². The third-order valence-electron chi connectivity index (χ3n) is 4.93. The second-order valence-corrected chi connectivity index (χ2v) is 6.92. The lowest BCUT2D eigenvalue weighted by Gasteiger charge is -2.11. The second-order valence-electron chi connectivity index (χ2n) is 6.92. The first-order valence-electron chi connectivity index (χ1n) is 9.72. The highest BCUT2D eigenvalue weighted by atomic mass is 16.5. The molecule has 0 atom stereocenters. The highest BCUT2D eigenvalue weighted by Crippen LogP contribution is 2.25. The molecule has 3 aromatic carbocycles. The summed E-state index contributed by atoms with van der Waals surface area (Å²) in [7, 11) is 3.11. The van der Waals surface area contributed by atoms with Crippen LogP contribution in [0.25, 0.3) is 11.0 Å². The molecule has 6 heteroatoms. The maximum absolute atomic E-state index is 12.7. The van der Waals surface area contributed by atoms with Crippen molar-refractivity contribution in [2.75, 3.05) is 19.5 Å². The number of nitrogens with zero attached hydrogens (tertiary/aromatic N) is 1. The van der Waals surface area contributed by atoms with Crippen LogP contribution in [0.5, 0.6) is 11.5 Å². The fourth-order valence-electron chi connectivity index (χ4n) is 3.38. The van der Waals surface area contributed by atoms with Crippen molar-refractivity contribution in [3.63, 3.8) is 0 Å². The van der Waals surface area contributed by atoms with E-state index in [1.807, 2.05) is 48.5 Å². The number of H-pyrrole nitrogens is 1. The molecule has 1 aromatic heterocycles. The van der Waals surface area contributed by atoms with Crippen LogP contribution in [0.3, 0.4) is 0 Å². The Bertz CT molecular complexity index is 1150. The number of amides is 1. The molecule has 0 aliphatic rings. The summed E-state index contributed by atoms with van der Waals surface area (Å²) in [4.78, 5) is 20.7. The molecule has 0 saturated heterocycles. The number of benzene rings is 3. The molecule has 0 radical (unpaired) electrons. The van der Waals surface area contributed by atoms with Crippen LogP contribution >= 0.6 is 0 Å². The minimum Gasteiger partial charge on any atom is -0.497 e. The predicted octanol–water partition coefficient (Wildman–Crippen LogP) is 4.62. The highest BCUT2D eigenvalue weighted by Gasteiger charge is 2.14. The number of aromatic nitrogens is 2. The van der Waals surface area contributed by atoms with Gasteiger partial charge < -0.3 is 19.8 Å². The first kappa shape index (κ1) is 19.5. The highest BCUT2D eigenvalue weighted by molar-refractivity contribution is 6.06. The molecule has 152 valence electrons. The van der Waals surface area contributed by atoms with Crippen molar-refractivity contribution in [3.05, 3.63) is 83.7 Å². The average molecular weight is 401 g/mol. The number of rotatable bonds is 7. The van der Waals surface area contributed by atoms with E-state index in [0.717, 1.165) is 41.0 Å². The van der Waals surface area contributed by atoms with Crippen LogP contribution in [0, 0.1) is 0 Å². The fourth-order valence-corrected chi connectivity index (χ4v) is 3.38. The summed E-state index contributed by atoms with van der Waals surface area (Å²) in [6.45, 7) is 0. The number of aromatic amines is 1. The molecule has 4 aromatic rings. The van der Waals surface area contributed by atoms with E-state index in [1.54, 1.807) is 25.3 Å². The molecule has 4 rings (SSSR count). The Morgan fingerprint density at radius 1 is 0.967 bits per heavy atom. The molecule has 0 saturated carbocycles. The number of ether oxygens (including phenoxy) is 2. The zero-order chi connectivity index (χ0) is 20.9. The Morgan fingerprint density at radius 2 is 1.83 bits per heavy atom. The summed E-state index contributed by atoms with van der Waals surface area (Å²) in [6.07, 6.45) is 1.60. The minimum atomic E-state index is -0.232. The van der Waals surface area contributed by atoms with Crippen molar-refractivity contribution < 1.29 is 14.3 Å². The number of hydrogen-bond acceptors (Lipinski definition) is 4. The van der Waals surface area contributed by atoms with Crippen LogP contribution in [-0.2, 0) is 12.8 Å². The van der Waals surface area contributed by atoms with Gasteiger partial charge in [0.15, 0.2) is 0 Å². The smallest absolute Gasteiger partial charge is 0.259 e. The van der Waals surface area contributed by atoms with E-state index >= 15 is 0 Å². The maximum atomic E-state index is 12.7. The van der Waals surface area contributed by atoms with Gasteiger partial charge in [0, 0.05) is 18.2 Å². The molecule has 1 heterocycles. The summed E-state index contributed by atoms with van der Waals surface area (Å²) in [6, 6.07) is 21.0. The molecule has 2 N–H and O–H groups in total. The van der Waals surface area contributed by atoms with Gasteiger partial charge in [0.05, 0.1) is 30.8 Å². The number of imidazole rings is 1. The number of methoxy groups -OCH3 is 2. The molecule has 30 heavy (non-hydrogen) atoms. The van der Waals surface area contributed by atoms with E-state index in [4.69, 9.17) is 9.47 Å². The number of fused-ring (bicyclic) bond motifs is 1. The largest absolute Gasteiger partial charge is 0.497 e.